The van der Waals surface area contributed by atoms with Crippen molar-refractivity contribution in [3.05, 3.63) is 37.2 Å². The minimum Gasteiger partial charge on any atom is -0.301 e. The third-order valence-corrected chi connectivity index (χ3v) is 2.41. The molecule has 1 aromatic rings. The summed E-state index contributed by atoms with van der Waals surface area (Å²) >= 11 is 3.05. The molecule has 16 heavy (non-hydrogen) atoms. The topological polar surface area (TPSA) is 82.2 Å². The van der Waals surface area contributed by atoms with Crippen LogP contribution in [0.5, 0.6) is 0 Å². The van der Waals surface area contributed by atoms with E-state index in [0.29, 0.717) is 4.47 Å². The molecule has 0 unspecified atom stereocenters. The van der Waals surface area contributed by atoms with Crippen molar-refractivity contribution in [2.24, 2.45) is 0 Å². The Hall–Kier alpha value is -1.50. The van der Waals surface area contributed by atoms with E-state index in [0.717, 1.165) is 10.6 Å². The van der Waals surface area contributed by atoms with E-state index in [9.17, 15) is 19.7 Å². The number of carbonyl (C=O) groups is 1. The van der Waals surface area contributed by atoms with Crippen molar-refractivity contribution in [1.82, 2.24) is 4.57 Å². The summed E-state index contributed by atoms with van der Waals surface area (Å²) in [6, 6.07) is 1.12. The Bertz CT molecular complexity index is 495. The molecule has 0 radical (unpaired) electrons. The van der Waals surface area contributed by atoms with Crippen LogP contribution in [0.4, 0.5) is 5.69 Å². The van der Waals surface area contributed by atoms with Gasteiger partial charge in [-0.3, -0.25) is 19.7 Å². The highest BCUT2D eigenvalue weighted by molar-refractivity contribution is 9.10. The summed E-state index contributed by atoms with van der Waals surface area (Å²) in [7, 11) is 0. The predicted octanol–water partition coefficient (Wildman–Crippen LogP) is 1.50. The van der Waals surface area contributed by atoms with Crippen LogP contribution < -0.4 is 5.56 Å². The van der Waals surface area contributed by atoms with Crippen molar-refractivity contribution >= 4 is 27.4 Å². The van der Waals surface area contributed by atoms with Crippen LogP contribution in [0.25, 0.3) is 0 Å². The fourth-order valence-electron chi connectivity index (χ4n) is 1.13. The molecular weight excluding hydrogens is 280 g/mol. The van der Waals surface area contributed by atoms with Gasteiger partial charge in [0.1, 0.15) is 0 Å². The van der Waals surface area contributed by atoms with E-state index in [1.165, 1.54) is 6.20 Å². The van der Waals surface area contributed by atoms with Gasteiger partial charge in [-0.15, -0.1) is 0 Å². The lowest BCUT2D eigenvalue weighted by Crippen LogP contribution is -2.25. The number of nitro groups is 1. The first-order valence-corrected chi connectivity index (χ1v) is 5.31. The number of rotatable bonds is 4. The number of halogens is 1. The van der Waals surface area contributed by atoms with Crippen LogP contribution in [0.1, 0.15) is 13.3 Å². The summed E-state index contributed by atoms with van der Waals surface area (Å²) in [5.41, 5.74) is -1.31. The molecule has 0 aliphatic carbocycles. The standard InChI is InChI=1S/C9H9BrN2O4/c1-2-7(13)5-11-4-6(10)3-8(9(11)14)12(15)16/h3-4H,2,5H2,1H3. The lowest BCUT2D eigenvalue weighted by molar-refractivity contribution is -0.386. The number of pyridine rings is 1. The van der Waals surface area contributed by atoms with Crippen molar-refractivity contribution in [2.75, 3.05) is 0 Å². The van der Waals surface area contributed by atoms with Crippen LogP contribution in [0.2, 0.25) is 0 Å². The van der Waals surface area contributed by atoms with E-state index in [4.69, 9.17) is 0 Å². The Balaban J connectivity index is 3.25. The Morgan fingerprint density at radius 2 is 2.25 bits per heavy atom. The second kappa shape index (κ2) is 5.02. The number of hydrogen-bond acceptors (Lipinski definition) is 4. The minimum absolute atomic E-state index is 0.143. The van der Waals surface area contributed by atoms with Gasteiger partial charge >= 0.3 is 11.2 Å². The molecule has 7 heteroatoms. The maximum Gasteiger partial charge on any atom is 0.335 e. The highest BCUT2D eigenvalue weighted by atomic mass is 79.9. The van der Waals surface area contributed by atoms with E-state index < -0.39 is 16.2 Å². The monoisotopic (exact) mass is 288 g/mol. The number of nitrogens with zero attached hydrogens (tertiary/aromatic N) is 2. The van der Waals surface area contributed by atoms with Crippen LogP contribution in [0, 0.1) is 10.1 Å². The quantitative estimate of drug-likeness (QED) is 0.621. The van der Waals surface area contributed by atoms with Gasteiger partial charge in [-0.2, -0.15) is 0 Å². The third-order valence-electron chi connectivity index (χ3n) is 1.97. The predicted molar refractivity (Wildman–Crippen MR) is 60.4 cm³/mol. The Kier molecular flexibility index (Phi) is 3.94. The second-order valence-corrected chi connectivity index (χ2v) is 4.04. The highest BCUT2D eigenvalue weighted by Crippen LogP contribution is 2.13. The summed E-state index contributed by atoms with van der Waals surface area (Å²) in [6.45, 7) is 1.52. The van der Waals surface area contributed by atoms with Gasteiger partial charge in [0.15, 0.2) is 5.78 Å². The zero-order valence-electron chi connectivity index (χ0n) is 8.47. The maximum absolute atomic E-state index is 11.6. The van der Waals surface area contributed by atoms with Crippen LogP contribution in [0.15, 0.2) is 21.5 Å². The van der Waals surface area contributed by atoms with E-state index >= 15 is 0 Å². The van der Waals surface area contributed by atoms with Gasteiger partial charge in [0.2, 0.25) is 0 Å². The van der Waals surface area contributed by atoms with E-state index in [-0.39, 0.29) is 18.7 Å². The summed E-state index contributed by atoms with van der Waals surface area (Å²) < 4.78 is 1.43. The van der Waals surface area contributed by atoms with Crippen molar-refractivity contribution in [3.8, 4) is 0 Å². The SMILES string of the molecule is CCC(=O)Cn1cc(Br)cc([N+](=O)[O-])c1=O. The zero-order chi connectivity index (χ0) is 12.3. The molecule has 0 saturated heterocycles. The molecule has 0 bridgehead atoms. The third kappa shape index (κ3) is 2.75. The van der Waals surface area contributed by atoms with Crippen LogP contribution in [-0.2, 0) is 11.3 Å². The van der Waals surface area contributed by atoms with Crippen LogP contribution in [0.3, 0.4) is 0 Å². The number of aromatic nitrogens is 1. The summed E-state index contributed by atoms with van der Waals surface area (Å²) in [5, 5.41) is 10.6. The van der Waals surface area contributed by atoms with E-state index in [2.05, 4.69) is 15.9 Å². The molecule has 1 rings (SSSR count). The maximum atomic E-state index is 11.6. The van der Waals surface area contributed by atoms with Crippen LogP contribution >= 0.6 is 15.9 Å². The highest BCUT2D eigenvalue weighted by Gasteiger charge is 2.16. The normalized spacial score (nSPS) is 10.1. The van der Waals surface area contributed by atoms with Gasteiger partial charge in [-0.25, -0.2) is 0 Å². The molecule has 1 aromatic heterocycles. The molecule has 6 nitrogen and oxygen atoms in total. The number of carbonyl (C=O) groups excluding carboxylic acids is 1. The molecule has 86 valence electrons. The second-order valence-electron chi connectivity index (χ2n) is 3.13. The Morgan fingerprint density at radius 1 is 1.62 bits per heavy atom. The molecule has 0 saturated carbocycles. The van der Waals surface area contributed by atoms with Gasteiger partial charge in [-0.05, 0) is 15.9 Å². The average Bonchev–Trinajstić information content (AvgIpc) is 2.22. The number of hydrogen-bond donors (Lipinski definition) is 0. The first-order valence-electron chi connectivity index (χ1n) is 4.51. The lowest BCUT2D eigenvalue weighted by Gasteiger charge is -2.04. The largest absolute Gasteiger partial charge is 0.335 e. The van der Waals surface area contributed by atoms with Crippen molar-refractivity contribution < 1.29 is 9.72 Å². The van der Waals surface area contributed by atoms with E-state index in [1.54, 1.807) is 6.92 Å². The molecule has 0 fully saturated rings. The molecule has 0 aromatic carbocycles. The summed E-state index contributed by atoms with van der Waals surface area (Å²) in [4.78, 5) is 32.5. The molecule has 0 N–H and O–H groups in total. The number of ketones is 1. The Labute approximate surface area is 99.2 Å². The Morgan fingerprint density at radius 3 is 2.75 bits per heavy atom. The van der Waals surface area contributed by atoms with Crippen molar-refractivity contribution in [3.63, 3.8) is 0 Å². The fraction of sp³-hybridized carbons (Fsp3) is 0.333. The van der Waals surface area contributed by atoms with Gasteiger partial charge in [0.05, 0.1) is 11.5 Å². The van der Waals surface area contributed by atoms with Crippen molar-refractivity contribution in [1.29, 1.82) is 0 Å². The molecule has 0 aliphatic rings. The van der Waals surface area contributed by atoms with E-state index in [1.807, 2.05) is 0 Å². The fourth-order valence-corrected chi connectivity index (χ4v) is 1.60. The minimum atomic E-state index is -0.769. The summed E-state index contributed by atoms with van der Waals surface area (Å²) in [5.74, 6) is -0.158. The van der Waals surface area contributed by atoms with Crippen LogP contribution in [-0.4, -0.2) is 15.3 Å². The molecular formula is C9H9BrN2O4. The van der Waals surface area contributed by atoms with Gasteiger partial charge < -0.3 is 4.57 Å². The molecule has 0 amide bonds. The molecule has 0 spiro atoms. The zero-order valence-corrected chi connectivity index (χ0v) is 10.1. The van der Waals surface area contributed by atoms with Gasteiger partial charge in [0.25, 0.3) is 0 Å². The first-order chi connectivity index (χ1) is 7.45. The summed E-state index contributed by atoms with van der Waals surface area (Å²) in [6.07, 6.45) is 1.65. The van der Waals surface area contributed by atoms with Gasteiger partial charge in [0, 0.05) is 23.2 Å². The number of Topliss-reactive ketones (excluding diaryl/α,β-unsaturated/α-hetero) is 1. The molecule has 0 aliphatic heterocycles. The lowest BCUT2D eigenvalue weighted by atomic mass is 10.3. The molecule has 1 heterocycles. The smallest absolute Gasteiger partial charge is 0.301 e. The average molecular weight is 289 g/mol. The first kappa shape index (κ1) is 12.6. The molecule has 0 atom stereocenters. The van der Waals surface area contributed by atoms with Gasteiger partial charge in [-0.1, -0.05) is 6.92 Å². The van der Waals surface area contributed by atoms with Crippen molar-refractivity contribution in [2.45, 2.75) is 19.9 Å².